The highest BCUT2D eigenvalue weighted by atomic mass is 16.6. The third-order valence-corrected chi connectivity index (χ3v) is 3.45. The van der Waals surface area contributed by atoms with E-state index in [1.165, 1.54) is 11.0 Å². The van der Waals surface area contributed by atoms with E-state index in [0.717, 1.165) is 0 Å². The van der Waals surface area contributed by atoms with Crippen LogP contribution in [0.1, 0.15) is 18.9 Å². The van der Waals surface area contributed by atoms with Gasteiger partial charge >= 0.3 is 5.97 Å². The number of rotatable bonds is 4. The van der Waals surface area contributed by atoms with Crippen LogP contribution in [0.3, 0.4) is 0 Å². The Kier molecular flexibility index (Phi) is 4.21. The van der Waals surface area contributed by atoms with Crippen molar-refractivity contribution in [1.29, 1.82) is 0 Å². The van der Waals surface area contributed by atoms with Gasteiger partial charge in [-0.05, 0) is 19.9 Å². The number of anilines is 1. The summed E-state index contributed by atoms with van der Waals surface area (Å²) in [6.45, 7) is 3.79. The van der Waals surface area contributed by atoms with Crippen LogP contribution in [0.4, 0.5) is 11.4 Å². The molecule has 1 heterocycles. The first-order chi connectivity index (χ1) is 9.93. The maximum Gasteiger partial charge on any atom is 0.311 e. The summed E-state index contributed by atoms with van der Waals surface area (Å²) in [6.07, 6.45) is 0.0699. The minimum Gasteiger partial charge on any atom is -0.466 e. The summed E-state index contributed by atoms with van der Waals surface area (Å²) < 4.78 is 4.91. The summed E-state index contributed by atoms with van der Waals surface area (Å²) in [5.41, 5.74) is 0.918. The molecule has 7 heteroatoms. The van der Waals surface area contributed by atoms with E-state index in [1.54, 1.807) is 26.0 Å². The minimum absolute atomic E-state index is 0.0418. The molecule has 0 radical (unpaired) electrons. The van der Waals surface area contributed by atoms with Crippen molar-refractivity contribution in [2.45, 2.75) is 20.3 Å². The van der Waals surface area contributed by atoms with Crippen molar-refractivity contribution in [3.8, 4) is 0 Å². The average molecular weight is 292 g/mol. The summed E-state index contributed by atoms with van der Waals surface area (Å²) in [5.74, 6) is -1.15. The van der Waals surface area contributed by atoms with Crippen LogP contribution in [0.25, 0.3) is 0 Å². The molecule has 1 aliphatic heterocycles. The van der Waals surface area contributed by atoms with Gasteiger partial charge in [-0.3, -0.25) is 19.7 Å². The zero-order chi connectivity index (χ0) is 15.6. The van der Waals surface area contributed by atoms with Gasteiger partial charge in [0, 0.05) is 24.6 Å². The van der Waals surface area contributed by atoms with Crippen LogP contribution in [0.15, 0.2) is 18.2 Å². The number of amides is 1. The molecule has 7 nitrogen and oxygen atoms in total. The Bertz CT molecular complexity index is 599. The Balaban J connectivity index is 2.23. The van der Waals surface area contributed by atoms with Crippen LogP contribution in [-0.2, 0) is 14.3 Å². The Morgan fingerprint density at radius 2 is 2.24 bits per heavy atom. The predicted octanol–water partition coefficient (Wildman–Crippen LogP) is 1.82. The zero-order valence-corrected chi connectivity index (χ0v) is 11.9. The predicted molar refractivity (Wildman–Crippen MR) is 74.9 cm³/mol. The van der Waals surface area contributed by atoms with E-state index >= 15 is 0 Å². The molecule has 1 atom stereocenters. The van der Waals surface area contributed by atoms with Crippen LogP contribution in [0.2, 0.25) is 0 Å². The maximum absolute atomic E-state index is 12.0. The van der Waals surface area contributed by atoms with Crippen LogP contribution >= 0.6 is 0 Å². The molecule has 0 aromatic heterocycles. The number of nitro benzene ring substituents is 1. The minimum atomic E-state index is -0.516. The molecule has 1 aliphatic rings. The Morgan fingerprint density at radius 3 is 2.86 bits per heavy atom. The molecular weight excluding hydrogens is 276 g/mol. The summed E-state index contributed by atoms with van der Waals surface area (Å²) in [5, 5.41) is 11.0. The average Bonchev–Trinajstić information content (AvgIpc) is 2.81. The second kappa shape index (κ2) is 5.90. The van der Waals surface area contributed by atoms with Crippen LogP contribution in [-0.4, -0.2) is 30.0 Å². The maximum atomic E-state index is 12.0. The Hall–Kier alpha value is -2.44. The van der Waals surface area contributed by atoms with Gasteiger partial charge in [-0.25, -0.2) is 0 Å². The number of aryl methyl sites for hydroxylation is 1. The van der Waals surface area contributed by atoms with E-state index < -0.39 is 16.8 Å². The van der Waals surface area contributed by atoms with Crippen molar-refractivity contribution in [2.75, 3.05) is 18.1 Å². The Morgan fingerprint density at radius 1 is 1.52 bits per heavy atom. The molecule has 1 aromatic carbocycles. The molecule has 1 amide bonds. The highest BCUT2D eigenvalue weighted by molar-refractivity contribution is 5.99. The number of carbonyl (C=O) groups is 2. The van der Waals surface area contributed by atoms with Crippen molar-refractivity contribution in [1.82, 2.24) is 0 Å². The van der Waals surface area contributed by atoms with E-state index in [4.69, 9.17) is 4.74 Å². The molecule has 1 fully saturated rings. The van der Waals surface area contributed by atoms with E-state index in [2.05, 4.69) is 0 Å². The lowest BCUT2D eigenvalue weighted by Gasteiger charge is -2.16. The number of hydrogen-bond donors (Lipinski definition) is 0. The van der Waals surface area contributed by atoms with Gasteiger partial charge in [0.25, 0.3) is 5.69 Å². The van der Waals surface area contributed by atoms with Gasteiger partial charge in [-0.15, -0.1) is 0 Å². The SMILES string of the molecule is CCOC(=O)[C@@H]1CC(=O)N(c2ccc(C)c([N+](=O)[O-])c2)C1. The molecule has 0 unspecified atom stereocenters. The molecule has 21 heavy (non-hydrogen) atoms. The number of hydrogen-bond acceptors (Lipinski definition) is 5. The van der Waals surface area contributed by atoms with Crippen LogP contribution in [0.5, 0.6) is 0 Å². The molecule has 1 aromatic rings. The van der Waals surface area contributed by atoms with Gasteiger partial charge in [-0.2, -0.15) is 0 Å². The molecule has 0 aliphatic carbocycles. The van der Waals surface area contributed by atoms with Gasteiger partial charge in [-0.1, -0.05) is 6.07 Å². The van der Waals surface area contributed by atoms with Crippen molar-refractivity contribution in [2.24, 2.45) is 5.92 Å². The summed E-state index contributed by atoms with van der Waals surface area (Å²) in [6, 6.07) is 4.60. The smallest absolute Gasteiger partial charge is 0.311 e. The van der Waals surface area contributed by atoms with Crippen LogP contribution < -0.4 is 4.90 Å². The topological polar surface area (TPSA) is 89.8 Å². The lowest BCUT2D eigenvalue weighted by molar-refractivity contribution is -0.385. The van der Waals surface area contributed by atoms with Crippen molar-refractivity contribution in [3.05, 3.63) is 33.9 Å². The van der Waals surface area contributed by atoms with E-state index in [-0.39, 0.29) is 31.2 Å². The molecule has 0 bridgehead atoms. The molecule has 0 saturated carbocycles. The monoisotopic (exact) mass is 292 g/mol. The lowest BCUT2D eigenvalue weighted by atomic mass is 10.1. The van der Waals surface area contributed by atoms with Gasteiger partial charge in [0.15, 0.2) is 0 Å². The number of ether oxygens (including phenoxy) is 1. The third kappa shape index (κ3) is 3.01. The first-order valence-corrected chi connectivity index (χ1v) is 6.66. The van der Waals surface area contributed by atoms with Gasteiger partial charge in [0.05, 0.1) is 23.1 Å². The molecular formula is C14H16N2O5. The lowest BCUT2D eigenvalue weighted by Crippen LogP contribution is -2.26. The fraction of sp³-hybridized carbons (Fsp3) is 0.429. The first-order valence-electron chi connectivity index (χ1n) is 6.66. The summed E-state index contributed by atoms with van der Waals surface area (Å²) in [7, 11) is 0. The summed E-state index contributed by atoms with van der Waals surface area (Å²) in [4.78, 5) is 35.6. The number of esters is 1. The number of nitro groups is 1. The first kappa shape index (κ1) is 15.0. The zero-order valence-electron chi connectivity index (χ0n) is 11.9. The van der Waals surface area contributed by atoms with Crippen molar-refractivity contribution < 1.29 is 19.2 Å². The number of carbonyl (C=O) groups excluding carboxylic acids is 2. The number of benzene rings is 1. The molecule has 1 saturated heterocycles. The highest BCUT2D eigenvalue weighted by Gasteiger charge is 2.36. The van der Waals surface area contributed by atoms with E-state index in [0.29, 0.717) is 11.3 Å². The van der Waals surface area contributed by atoms with Crippen molar-refractivity contribution in [3.63, 3.8) is 0 Å². The number of nitrogens with zero attached hydrogens (tertiary/aromatic N) is 2. The second-order valence-electron chi connectivity index (χ2n) is 4.89. The molecule has 2 rings (SSSR count). The standard InChI is InChI=1S/C14H16N2O5/c1-3-21-14(18)10-6-13(17)15(8-10)11-5-4-9(2)12(7-11)16(19)20/h4-5,7,10H,3,6,8H2,1-2H3/t10-/m1/s1. The molecule has 0 N–H and O–H groups in total. The fourth-order valence-corrected chi connectivity index (χ4v) is 2.34. The molecule has 112 valence electrons. The van der Waals surface area contributed by atoms with Crippen molar-refractivity contribution >= 4 is 23.3 Å². The second-order valence-corrected chi connectivity index (χ2v) is 4.89. The van der Waals surface area contributed by atoms with Crippen LogP contribution in [0, 0.1) is 23.0 Å². The normalized spacial score (nSPS) is 17.9. The largest absolute Gasteiger partial charge is 0.466 e. The van der Waals surface area contributed by atoms with E-state index in [9.17, 15) is 19.7 Å². The quantitative estimate of drug-likeness (QED) is 0.479. The molecule has 0 spiro atoms. The Labute approximate surface area is 121 Å². The van der Waals surface area contributed by atoms with Gasteiger partial charge < -0.3 is 9.64 Å². The highest BCUT2D eigenvalue weighted by Crippen LogP contribution is 2.30. The summed E-state index contributed by atoms with van der Waals surface area (Å²) >= 11 is 0. The third-order valence-electron chi connectivity index (χ3n) is 3.45. The fourth-order valence-electron chi connectivity index (χ4n) is 2.34. The van der Waals surface area contributed by atoms with E-state index in [1.807, 2.05) is 0 Å². The van der Waals surface area contributed by atoms with Gasteiger partial charge in [0.2, 0.25) is 5.91 Å². The van der Waals surface area contributed by atoms with Gasteiger partial charge in [0.1, 0.15) is 0 Å².